The van der Waals surface area contributed by atoms with Crippen molar-refractivity contribution in [2.45, 2.75) is 33.6 Å². The summed E-state index contributed by atoms with van der Waals surface area (Å²) in [5.41, 5.74) is 2.39. The van der Waals surface area contributed by atoms with Crippen LogP contribution in [0.4, 0.5) is 16.2 Å². The Morgan fingerprint density at radius 2 is 1.88 bits per heavy atom. The first kappa shape index (κ1) is 18.3. The monoisotopic (exact) mass is 332 g/mol. The van der Waals surface area contributed by atoms with Crippen LogP contribution >= 0.6 is 0 Å². The van der Waals surface area contributed by atoms with Crippen molar-refractivity contribution in [1.82, 2.24) is 10.2 Å². The fraction of sp³-hybridized carbons (Fsp3) is 0.556. The number of anilines is 2. The number of likely N-dealkylation sites (N-methyl/N-ethyl adjacent to an activating group) is 1. The molecule has 1 aromatic rings. The van der Waals surface area contributed by atoms with Crippen molar-refractivity contribution in [2.75, 3.05) is 36.8 Å². The zero-order valence-electron chi connectivity index (χ0n) is 14.8. The number of rotatable bonds is 8. The van der Waals surface area contributed by atoms with Gasteiger partial charge in [-0.2, -0.15) is 0 Å². The van der Waals surface area contributed by atoms with Crippen molar-refractivity contribution in [1.29, 1.82) is 0 Å². The smallest absolute Gasteiger partial charge is 0.319 e. The van der Waals surface area contributed by atoms with Crippen LogP contribution in [0, 0.1) is 12.8 Å². The van der Waals surface area contributed by atoms with E-state index in [2.05, 4.69) is 34.7 Å². The molecule has 1 saturated carbocycles. The molecular weight excluding hydrogens is 304 g/mol. The molecule has 6 heteroatoms. The molecule has 0 unspecified atom stereocenters. The van der Waals surface area contributed by atoms with Gasteiger partial charge in [0.25, 0.3) is 0 Å². The van der Waals surface area contributed by atoms with Gasteiger partial charge in [-0.05, 0) is 50.6 Å². The van der Waals surface area contributed by atoms with Gasteiger partial charge < -0.3 is 20.9 Å². The Bertz CT molecular complexity index is 580. The predicted octanol–water partition coefficient (Wildman–Crippen LogP) is 2.81. The van der Waals surface area contributed by atoms with E-state index < -0.39 is 0 Å². The minimum Gasteiger partial charge on any atom is -0.337 e. The maximum absolute atomic E-state index is 12.0. The summed E-state index contributed by atoms with van der Waals surface area (Å²) in [5, 5.41) is 8.63. The highest BCUT2D eigenvalue weighted by Crippen LogP contribution is 2.30. The zero-order valence-corrected chi connectivity index (χ0v) is 14.8. The van der Waals surface area contributed by atoms with Crippen molar-refractivity contribution < 1.29 is 9.59 Å². The highest BCUT2D eigenvalue weighted by atomic mass is 16.2. The van der Waals surface area contributed by atoms with Crippen LogP contribution < -0.4 is 16.0 Å². The van der Waals surface area contributed by atoms with E-state index in [1.54, 1.807) is 6.07 Å². The molecule has 0 aliphatic heterocycles. The quantitative estimate of drug-likeness (QED) is 0.685. The molecule has 1 aliphatic rings. The predicted molar refractivity (Wildman–Crippen MR) is 97.3 cm³/mol. The summed E-state index contributed by atoms with van der Waals surface area (Å²) in [5.74, 6) is 0.222. The zero-order chi connectivity index (χ0) is 17.5. The molecule has 0 bridgehead atoms. The average Bonchev–Trinajstić information content (AvgIpc) is 3.39. The summed E-state index contributed by atoms with van der Waals surface area (Å²) in [4.78, 5) is 26.1. The number of aryl methyl sites for hydroxylation is 1. The number of hydrogen-bond donors (Lipinski definition) is 3. The van der Waals surface area contributed by atoms with Crippen LogP contribution in [-0.4, -0.2) is 43.0 Å². The van der Waals surface area contributed by atoms with E-state index in [0.29, 0.717) is 12.2 Å². The number of nitrogens with zero attached hydrogens (tertiary/aromatic N) is 1. The van der Waals surface area contributed by atoms with E-state index in [9.17, 15) is 9.59 Å². The van der Waals surface area contributed by atoms with Crippen LogP contribution in [0.15, 0.2) is 18.2 Å². The summed E-state index contributed by atoms with van der Waals surface area (Å²) in [6.07, 6.45) is 1.94. The molecule has 0 heterocycles. The molecule has 132 valence electrons. The number of carbonyl (C=O) groups excluding carboxylic acids is 2. The molecule has 1 aliphatic carbocycles. The summed E-state index contributed by atoms with van der Waals surface area (Å²) >= 11 is 0. The fourth-order valence-corrected chi connectivity index (χ4v) is 2.46. The van der Waals surface area contributed by atoms with Crippen LogP contribution in [0.3, 0.4) is 0 Å². The van der Waals surface area contributed by atoms with E-state index in [1.807, 2.05) is 19.1 Å². The highest BCUT2D eigenvalue weighted by molar-refractivity contribution is 5.96. The molecule has 6 nitrogen and oxygen atoms in total. The number of benzene rings is 1. The maximum Gasteiger partial charge on any atom is 0.319 e. The van der Waals surface area contributed by atoms with E-state index in [-0.39, 0.29) is 17.9 Å². The van der Waals surface area contributed by atoms with E-state index in [1.165, 1.54) is 0 Å². The summed E-state index contributed by atoms with van der Waals surface area (Å²) < 4.78 is 0. The Labute approximate surface area is 144 Å². The summed E-state index contributed by atoms with van der Waals surface area (Å²) in [7, 11) is 0. The Kier molecular flexibility index (Phi) is 6.61. The normalized spacial score (nSPS) is 13.7. The van der Waals surface area contributed by atoms with Gasteiger partial charge >= 0.3 is 6.03 Å². The molecule has 1 aromatic carbocycles. The van der Waals surface area contributed by atoms with E-state index in [4.69, 9.17) is 0 Å². The first-order chi connectivity index (χ1) is 11.5. The van der Waals surface area contributed by atoms with Gasteiger partial charge in [-0.15, -0.1) is 0 Å². The van der Waals surface area contributed by atoms with Crippen molar-refractivity contribution in [3.05, 3.63) is 23.8 Å². The standard InChI is InChI=1S/C18H28N4O2/c1-4-22(5-2)11-10-19-18(24)21-16-12-15(9-6-13(16)3)20-17(23)14-7-8-14/h6,9,12,14H,4-5,7-8,10-11H2,1-3H3,(H,20,23)(H2,19,21,24). The Hall–Kier alpha value is -2.08. The number of urea groups is 1. The number of amides is 3. The summed E-state index contributed by atoms with van der Waals surface area (Å²) in [6, 6.07) is 5.34. The van der Waals surface area contributed by atoms with Crippen molar-refractivity contribution >= 4 is 23.3 Å². The molecule has 0 aromatic heterocycles. The van der Waals surface area contributed by atoms with Gasteiger partial charge in [-0.3, -0.25) is 4.79 Å². The SMILES string of the molecule is CCN(CC)CCNC(=O)Nc1cc(NC(=O)C2CC2)ccc1C. The highest BCUT2D eigenvalue weighted by Gasteiger charge is 2.29. The first-order valence-electron chi connectivity index (χ1n) is 8.72. The minimum absolute atomic E-state index is 0.0634. The molecule has 0 saturated heterocycles. The lowest BCUT2D eigenvalue weighted by molar-refractivity contribution is -0.117. The molecule has 0 spiro atoms. The molecule has 24 heavy (non-hydrogen) atoms. The third-order valence-corrected chi connectivity index (χ3v) is 4.31. The molecule has 1 fully saturated rings. The van der Waals surface area contributed by atoms with Crippen molar-refractivity contribution in [3.8, 4) is 0 Å². The van der Waals surface area contributed by atoms with Crippen LogP contribution in [0.5, 0.6) is 0 Å². The third-order valence-electron chi connectivity index (χ3n) is 4.31. The number of nitrogens with one attached hydrogen (secondary N) is 3. The lowest BCUT2D eigenvalue weighted by atomic mass is 10.1. The van der Waals surface area contributed by atoms with Crippen LogP contribution in [-0.2, 0) is 4.79 Å². The molecular formula is C18H28N4O2. The number of hydrogen-bond acceptors (Lipinski definition) is 3. The Balaban J connectivity index is 1.85. The lowest BCUT2D eigenvalue weighted by Gasteiger charge is -2.18. The third kappa shape index (κ3) is 5.53. The van der Waals surface area contributed by atoms with Gasteiger partial charge in [0.05, 0.1) is 0 Å². The molecule has 0 radical (unpaired) electrons. The second-order valence-corrected chi connectivity index (χ2v) is 6.20. The van der Waals surface area contributed by atoms with Gasteiger partial charge in [0.1, 0.15) is 0 Å². The van der Waals surface area contributed by atoms with Gasteiger partial charge in [0.2, 0.25) is 5.91 Å². The van der Waals surface area contributed by atoms with Gasteiger partial charge in [-0.1, -0.05) is 19.9 Å². The van der Waals surface area contributed by atoms with Crippen LogP contribution in [0.2, 0.25) is 0 Å². The van der Waals surface area contributed by atoms with Crippen LogP contribution in [0.25, 0.3) is 0 Å². The van der Waals surface area contributed by atoms with Crippen molar-refractivity contribution in [2.24, 2.45) is 5.92 Å². The van der Waals surface area contributed by atoms with E-state index >= 15 is 0 Å². The first-order valence-corrected chi connectivity index (χ1v) is 8.72. The fourth-order valence-electron chi connectivity index (χ4n) is 2.46. The average molecular weight is 332 g/mol. The molecule has 3 amide bonds. The molecule has 0 atom stereocenters. The van der Waals surface area contributed by atoms with Crippen molar-refractivity contribution in [3.63, 3.8) is 0 Å². The van der Waals surface area contributed by atoms with Crippen LogP contribution in [0.1, 0.15) is 32.3 Å². The topological polar surface area (TPSA) is 73.5 Å². The number of carbonyl (C=O) groups is 2. The minimum atomic E-state index is -0.226. The Morgan fingerprint density at radius 1 is 1.17 bits per heavy atom. The maximum atomic E-state index is 12.0. The van der Waals surface area contributed by atoms with Gasteiger partial charge in [0, 0.05) is 30.4 Å². The summed E-state index contributed by atoms with van der Waals surface area (Å²) in [6.45, 7) is 9.52. The van der Waals surface area contributed by atoms with E-state index in [0.717, 1.165) is 43.7 Å². The second-order valence-electron chi connectivity index (χ2n) is 6.20. The second kappa shape index (κ2) is 8.68. The molecule has 2 rings (SSSR count). The van der Waals surface area contributed by atoms with Gasteiger partial charge in [-0.25, -0.2) is 4.79 Å². The van der Waals surface area contributed by atoms with Gasteiger partial charge in [0.15, 0.2) is 0 Å². The Morgan fingerprint density at radius 3 is 2.50 bits per heavy atom. The largest absolute Gasteiger partial charge is 0.337 e. The lowest BCUT2D eigenvalue weighted by Crippen LogP contribution is -2.37. The molecule has 3 N–H and O–H groups in total.